The van der Waals surface area contributed by atoms with Gasteiger partial charge in [-0.05, 0) is 5.56 Å². The van der Waals surface area contributed by atoms with Crippen LogP contribution in [0.2, 0.25) is 0 Å². The number of alkyl halides is 2. The maximum absolute atomic E-state index is 13.1. The second kappa shape index (κ2) is 5.19. The van der Waals surface area contributed by atoms with E-state index in [2.05, 4.69) is 5.73 Å². The molecule has 0 heterocycles. The minimum atomic E-state index is -2.85. The molecule has 1 aromatic carbocycles. The summed E-state index contributed by atoms with van der Waals surface area (Å²) in [6.45, 7) is 1.59. The Bertz CT molecular complexity index is 290. The largest absolute Gasteiger partial charge is 0.327 e. The van der Waals surface area contributed by atoms with E-state index in [-0.39, 0.29) is 13.0 Å². The first kappa shape index (κ1) is 12.1. The van der Waals surface area contributed by atoms with Crippen molar-refractivity contribution in [1.29, 1.82) is 0 Å². The van der Waals surface area contributed by atoms with E-state index in [0.29, 0.717) is 0 Å². The summed E-state index contributed by atoms with van der Waals surface area (Å²) >= 11 is 0. The van der Waals surface area contributed by atoms with Crippen LogP contribution in [0.3, 0.4) is 0 Å². The summed E-state index contributed by atoms with van der Waals surface area (Å²) in [5.41, 5.74) is 4.20. The quantitative estimate of drug-likeness (QED) is 0.749. The standard InChI is InChI=1S/C11H15F2NO/c1-2-11(12,13)10(14)15-8-9-6-4-3-5-7-9/h3-7,10H,2,8,14H2,1H3/p+1. The highest BCUT2D eigenvalue weighted by atomic mass is 19.3. The minimum absolute atomic E-state index is 0.171. The van der Waals surface area contributed by atoms with Crippen LogP contribution >= 0.6 is 0 Å². The highest BCUT2D eigenvalue weighted by Crippen LogP contribution is 2.21. The minimum Gasteiger partial charge on any atom is -0.327 e. The molecule has 1 unspecified atom stereocenters. The van der Waals surface area contributed by atoms with Crippen LogP contribution in [0.15, 0.2) is 30.3 Å². The Kier molecular flexibility index (Phi) is 4.17. The number of hydrogen-bond acceptors (Lipinski definition) is 1. The van der Waals surface area contributed by atoms with Gasteiger partial charge in [0, 0.05) is 6.42 Å². The third kappa shape index (κ3) is 3.57. The van der Waals surface area contributed by atoms with Crippen molar-refractivity contribution in [1.82, 2.24) is 0 Å². The molecule has 0 aliphatic heterocycles. The van der Waals surface area contributed by atoms with E-state index in [4.69, 9.17) is 4.74 Å². The Morgan fingerprint density at radius 2 is 1.93 bits per heavy atom. The van der Waals surface area contributed by atoms with Gasteiger partial charge >= 0.3 is 5.92 Å². The molecule has 1 aromatic rings. The second-order valence-electron chi connectivity index (χ2n) is 3.40. The number of rotatable bonds is 5. The zero-order chi connectivity index (χ0) is 11.3. The molecular weight excluding hydrogens is 200 g/mol. The molecule has 0 fully saturated rings. The fraction of sp³-hybridized carbons (Fsp3) is 0.455. The van der Waals surface area contributed by atoms with Crippen molar-refractivity contribution in [2.75, 3.05) is 0 Å². The van der Waals surface area contributed by atoms with Crippen molar-refractivity contribution in [3.63, 3.8) is 0 Å². The highest BCUT2D eigenvalue weighted by molar-refractivity contribution is 5.13. The van der Waals surface area contributed by atoms with Gasteiger partial charge in [0.25, 0.3) is 6.23 Å². The molecule has 0 spiro atoms. The third-order valence-corrected chi connectivity index (χ3v) is 2.24. The number of quaternary nitrogens is 1. The van der Waals surface area contributed by atoms with E-state index in [0.717, 1.165) is 5.56 Å². The van der Waals surface area contributed by atoms with Crippen LogP contribution < -0.4 is 5.73 Å². The van der Waals surface area contributed by atoms with Crippen LogP contribution in [0.25, 0.3) is 0 Å². The van der Waals surface area contributed by atoms with E-state index in [1.807, 2.05) is 30.3 Å². The molecular formula is C11H16F2NO+. The summed E-state index contributed by atoms with van der Waals surface area (Å²) in [6, 6.07) is 9.21. The van der Waals surface area contributed by atoms with Crippen LogP contribution in [-0.2, 0) is 11.3 Å². The van der Waals surface area contributed by atoms with E-state index in [1.165, 1.54) is 6.92 Å². The van der Waals surface area contributed by atoms with E-state index in [9.17, 15) is 8.78 Å². The van der Waals surface area contributed by atoms with Gasteiger partial charge in [-0.2, -0.15) is 8.78 Å². The maximum Gasteiger partial charge on any atom is 0.323 e. The molecule has 3 N–H and O–H groups in total. The summed E-state index contributed by atoms with van der Waals surface area (Å²) in [5, 5.41) is 0. The summed E-state index contributed by atoms with van der Waals surface area (Å²) in [4.78, 5) is 0. The Labute approximate surface area is 88.0 Å². The van der Waals surface area contributed by atoms with Crippen LogP contribution in [0.5, 0.6) is 0 Å². The average Bonchev–Trinajstić information content (AvgIpc) is 2.27. The molecule has 2 nitrogen and oxygen atoms in total. The fourth-order valence-corrected chi connectivity index (χ4v) is 1.12. The van der Waals surface area contributed by atoms with Gasteiger partial charge in [-0.1, -0.05) is 37.3 Å². The van der Waals surface area contributed by atoms with Crippen molar-refractivity contribution in [2.45, 2.75) is 32.1 Å². The second-order valence-corrected chi connectivity index (χ2v) is 3.40. The molecule has 1 rings (SSSR count). The molecule has 84 valence electrons. The van der Waals surface area contributed by atoms with Gasteiger partial charge in [0.1, 0.15) is 0 Å². The van der Waals surface area contributed by atoms with Crippen LogP contribution in [0.1, 0.15) is 18.9 Å². The molecule has 0 saturated heterocycles. The van der Waals surface area contributed by atoms with Crippen molar-refractivity contribution in [3.05, 3.63) is 35.9 Å². The first-order valence-corrected chi connectivity index (χ1v) is 4.92. The van der Waals surface area contributed by atoms with E-state index < -0.39 is 12.2 Å². The van der Waals surface area contributed by atoms with Gasteiger partial charge in [-0.15, -0.1) is 0 Å². The first-order chi connectivity index (χ1) is 7.06. The zero-order valence-corrected chi connectivity index (χ0v) is 8.75. The normalized spacial score (nSPS) is 13.9. The maximum atomic E-state index is 13.1. The summed E-state index contributed by atoms with van der Waals surface area (Å²) in [5.74, 6) is -2.85. The lowest BCUT2D eigenvalue weighted by Crippen LogP contribution is -2.70. The molecule has 0 saturated carbocycles. The van der Waals surface area contributed by atoms with Gasteiger partial charge in [0.15, 0.2) is 0 Å². The fourth-order valence-electron chi connectivity index (χ4n) is 1.12. The molecule has 0 aliphatic rings. The van der Waals surface area contributed by atoms with Crippen LogP contribution in [0.4, 0.5) is 8.78 Å². The summed E-state index contributed by atoms with van der Waals surface area (Å²) < 4.78 is 31.1. The molecule has 1 atom stereocenters. The predicted octanol–water partition coefficient (Wildman–Crippen LogP) is 1.82. The Balaban J connectivity index is 2.44. The third-order valence-electron chi connectivity index (χ3n) is 2.24. The highest BCUT2D eigenvalue weighted by Gasteiger charge is 2.39. The molecule has 4 heteroatoms. The summed E-state index contributed by atoms with van der Waals surface area (Å²) in [6.07, 6.45) is -1.54. The monoisotopic (exact) mass is 216 g/mol. The molecule has 0 bridgehead atoms. The first-order valence-electron chi connectivity index (χ1n) is 4.92. The van der Waals surface area contributed by atoms with E-state index in [1.54, 1.807) is 0 Å². The SMILES string of the molecule is CCC(F)(F)C([NH3+])OCc1ccccc1. The molecule has 0 radical (unpaired) electrons. The molecule has 0 aliphatic carbocycles. The van der Waals surface area contributed by atoms with Crippen molar-refractivity contribution >= 4 is 0 Å². The van der Waals surface area contributed by atoms with Gasteiger partial charge < -0.3 is 10.5 Å². The Morgan fingerprint density at radius 3 is 2.47 bits per heavy atom. The Hall–Kier alpha value is -1.00. The average molecular weight is 216 g/mol. The van der Waals surface area contributed by atoms with Gasteiger partial charge in [-0.25, -0.2) is 0 Å². The molecule has 0 aromatic heterocycles. The lowest BCUT2D eigenvalue weighted by atomic mass is 10.2. The smallest absolute Gasteiger partial charge is 0.323 e. The van der Waals surface area contributed by atoms with Gasteiger partial charge in [0.05, 0.1) is 6.61 Å². The predicted molar refractivity (Wildman–Crippen MR) is 53.1 cm³/mol. The van der Waals surface area contributed by atoms with Crippen molar-refractivity contribution in [3.8, 4) is 0 Å². The van der Waals surface area contributed by atoms with Gasteiger partial charge in [-0.3, -0.25) is 0 Å². The van der Waals surface area contributed by atoms with Crippen molar-refractivity contribution < 1.29 is 19.3 Å². The number of benzene rings is 1. The summed E-state index contributed by atoms with van der Waals surface area (Å²) in [7, 11) is 0. The number of hydrogen-bond donors (Lipinski definition) is 1. The van der Waals surface area contributed by atoms with Crippen LogP contribution in [0, 0.1) is 0 Å². The zero-order valence-electron chi connectivity index (χ0n) is 8.75. The molecule has 15 heavy (non-hydrogen) atoms. The molecule has 0 amide bonds. The number of ether oxygens (including phenoxy) is 1. The lowest BCUT2D eigenvalue weighted by molar-refractivity contribution is -0.533. The van der Waals surface area contributed by atoms with Gasteiger partial charge in [0.2, 0.25) is 0 Å². The number of halogens is 2. The van der Waals surface area contributed by atoms with E-state index >= 15 is 0 Å². The lowest BCUT2D eigenvalue weighted by Gasteiger charge is -2.18. The van der Waals surface area contributed by atoms with Crippen LogP contribution in [-0.4, -0.2) is 12.2 Å². The topological polar surface area (TPSA) is 36.9 Å². The Morgan fingerprint density at radius 1 is 1.33 bits per heavy atom. The van der Waals surface area contributed by atoms with Crippen molar-refractivity contribution in [2.24, 2.45) is 0 Å².